The number of rotatable bonds is 2. The first kappa shape index (κ1) is 29.8. The largest absolute Gasteiger partial charge is 0.359 e. The Morgan fingerprint density at radius 1 is 1.09 bits per heavy atom. The lowest BCUT2D eigenvalue weighted by molar-refractivity contribution is -0.121. The van der Waals surface area contributed by atoms with Crippen molar-refractivity contribution in [2.24, 2.45) is 7.05 Å². The maximum atomic E-state index is 14.5. The summed E-state index contributed by atoms with van der Waals surface area (Å²) in [6, 6.07) is 12.9. The van der Waals surface area contributed by atoms with Gasteiger partial charge in [0.25, 0.3) is 0 Å². The van der Waals surface area contributed by atoms with Gasteiger partial charge in [-0.05, 0) is 47.7 Å². The van der Waals surface area contributed by atoms with Crippen molar-refractivity contribution in [3.05, 3.63) is 115 Å². The summed E-state index contributed by atoms with van der Waals surface area (Å²) in [4.78, 5) is 50.0. The summed E-state index contributed by atoms with van der Waals surface area (Å²) in [6.45, 7) is 0.101. The van der Waals surface area contributed by atoms with E-state index >= 15 is 0 Å². The zero-order valence-corrected chi connectivity index (χ0v) is 25.7. The van der Waals surface area contributed by atoms with Gasteiger partial charge in [-0.2, -0.15) is 15.3 Å². The first-order chi connectivity index (χ1) is 22.7. The van der Waals surface area contributed by atoms with Crippen LogP contribution in [0.15, 0.2) is 70.6 Å². The smallest absolute Gasteiger partial charge is 0.356 e. The van der Waals surface area contributed by atoms with Crippen LogP contribution in [-0.4, -0.2) is 41.3 Å². The van der Waals surface area contributed by atoms with Gasteiger partial charge in [0, 0.05) is 48.6 Å². The molecule has 3 aromatic carbocycles. The second-order valence-corrected chi connectivity index (χ2v) is 11.6. The SMILES string of the molecule is Cn1cc2c3c(c(Cl)cc2n1)Nc1nc(=O)n(c(=O)n1Cc1ccc(F)c(C#N)c1)-c1cncc2cccc(c12)CCC(=O)NCC3. The lowest BCUT2D eigenvalue weighted by atomic mass is 10.0. The molecule has 6 aromatic rings. The topological polar surface area (TPSA) is 153 Å². The summed E-state index contributed by atoms with van der Waals surface area (Å²) in [5, 5.41) is 22.3. The molecule has 1 amide bonds. The molecule has 0 aliphatic carbocycles. The van der Waals surface area contributed by atoms with Crippen LogP contribution in [0, 0.1) is 17.1 Å². The molecule has 14 heteroatoms. The number of aryl methyl sites for hydroxylation is 2. The molecule has 0 saturated heterocycles. The monoisotopic (exact) mass is 649 g/mol. The van der Waals surface area contributed by atoms with E-state index in [1.54, 1.807) is 30.1 Å². The minimum atomic E-state index is -0.875. The van der Waals surface area contributed by atoms with Crippen molar-refractivity contribution in [2.75, 3.05) is 11.9 Å². The number of hydrogen-bond acceptors (Lipinski definition) is 8. The molecular weight excluding hydrogens is 625 g/mol. The van der Waals surface area contributed by atoms with Crippen LogP contribution < -0.4 is 22.0 Å². The molecule has 2 N–H and O–H groups in total. The molecule has 2 aliphatic heterocycles. The van der Waals surface area contributed by atoms with Gasteiger partial charge in [0.2, 0.25) is 11.9 Å². The third kappa shape index (κ3) is 5.38. The summed E-state index contributed by atoms with van der Waals surface area (Å²) in [5.74, 6) is -0.992. The van der Waals surface area contributed by atoms with Crippen molar-refractivity contribution in [3.8, 4) is 11.8 Å². The van der Waals surface area contributed by atoms with Crippen molar-refractivity contribution < 1.29 is 9.18 Å². The van der Waals surface area contributed by atoms with Crippen LogP contribution in [0.5, 0.6) is 0 Å². The zero-order chi connectivity index (χ0) is 32.8. The minimum absolute atomic E-state index is 0.130. The number of fused-ring (bicyclic) bond motifs is 8. The Kier molecular flexibility index (Phi) is 7.49. The number of halogens is 2. The number of anilines is 2. The molecule has 0 atom stereocenters. The molecule has 2 aliphatic rings. The van der Waals surface area contributed by atoms with Crippen molar-refractivity contribution >= 4 is 50.8 Å². The summed E-state index contributed by atoms with van der Waals surface area (Å²) in [5.41, 5.74) is 1.20. The van der Waals surface area contributed by atoms with Gasteiger partial charge in [-0.15, -0.1) is 0 Å². The molecule has 234 valence electrons. The molecule has 8 rings (SSSR count). The van der Waals surface area contributed by atoms with Crippen LogP contribution in [0.1, 0.15) is 28.7 Å². The van der Waals surface area contributed by atoms with E-state index in [9.17, 15) is 24.0 Å². The van der Waals surface area contributed by atoms with Gasteiger partial charge in [0.1, 0.15) is 11.9 Å². The molecule has 0 radical (unpaired) electrons. The fourth-order valence-electron chi connectivity index (χ4n) is 6.03. The van der Waals surface area contributed by atoms with E-state index in [2.05, 4.69) is 25.7 Å². The third-order valence-corrected chi connectivity index (χ3v) is 8.49. The third-order valence-electron chi connectivity index (χ3n) is 8.19. The molecule has 0 spiro atoms. The Morgan fingerprint density at radius 2 is 1.94 bits per heavy atom. The van der Waals surface area contributed by atoms with E-state index in [1.165, 1.54) is 22.9 Å². The van der Waals surface area contributed by atoms with Crippen molar-refractivity contribution in [3.63, 3.8) is 0 Å². The van der Waals surface area contributed by atoms with Crippen LogP contribution in [-0.2, 0) is 31.2 Å². The normalized spacial score (nSPS) is 13.3. The fourth-order valence-corrected chi connectivity index (χ4v) is 6.30. The number of carbonyl (C=O) groups excluding carboxylic acids is 1. The number of pyridine rings is 1. The highest BCUT2D eigenvalue weighted by atomic mass is 35.5. The van der Waals surface area contributed by atoms with Crippen molar-refractivity contribution in [1.82, 2.24) is 34.2 Å². The van der Waals surface area contributed by atoms with Crippen LogP contribution in [0.4, 0.5) is 16.0 Å². The van der Waals surface area contributed by atoms with E-state index in [4.69, 9.17) is 11.6 Å². The number of carbonyl (C=O) groups is 1. The molecule has 12 nitrogen and oxygen atoms in total. The predicted molar refractivity (Wildman–Crippen MR) is 174 cm³/mol. The number of nitriles is 1. The number of hydrogen-bond donors (Lipinski definition) is 2. The highest BCUT2D eigenvalue weighted by Gasteiger charge is 2.23. The Morgan fingerprint density at radius 3 is 2.77 bits per heavy atom. The van der Waals surface area contributed by atoms with E-state index in [-0.39, 0.29) is 47.6 Å². The van der Waals surface area contributed by atoms with Gasteiger partial charge in [-0.3, -0.25) is 19.0 Å². The first-order valence-corrected chi connectivity index (χ1v) is 15.1. The molecule has 5 heterocycles. The summed E-state index contributed by atoms with van der Waals surface area (Å²) in [6.07, 6.45) is 5.68. The second kappa shape index (κ2) is 11.8. The van der Waals surface area contributed by atoms with Crippen LogP contribution in [0.2, 0.25) is 5.02 Å². The molecule has 0 fully saturated rings. The summed E-state index contributed by atoms with van der Waals surface area (Å²) < 4.78 is 18.0. The Bertz CT molecular complexity index is 2420. The quantitative estimate of drug-likeness (QED) is 0.287. The first-order valence-electron chi connectivity index (χ1n) is 14.7. The highest BCUT2D eigenvalue weighted by molar-refractivity contribution is 6.34. The summed E-state index contributed by atoms with van der Waals surface area (Å²) in [7, 11) is 1.77. The van der Waals surface area contributed by atoms with E-state index < -0.39 is 17.2 Å². The van der Waals surface area contributed by atoms with E-state index in [0.29, 0.717) is 45.9 Å². The Labute approximate surface area is 270 Å². The molecule has 47 heavy (non-hydrogen) atoms. The van der Waals surface area contributed by atoms with Gasteiger partial charge < -0.3 is 10.6 Å². The van der Waals surface area contributed by atoms with Gasteiger partial charge in [-0.1, -0.05) is 35.9 Å². The molecule has 0 saturated carbocycles. The lowest BCUT2D eigenvalue weighted by Crippen LogP contribution is -2.42. The Balaban J connectivity index is 1.52. The van der Waals surface area contributed by atoms with Crippen molar-refractivity contribution in [1.29, 1.82) is 5.26 Å². The maximum absolute atomic E-state index is 14.5. The van der Waals surface area contributed by atoms with Gasteiger partial charge in [-0.25, -0.2) is 18.5 Å². The predicted octanol–water partition coefficient (Wildman–Crippen LogP) is 3.89. The lowest BCUT2D eigenvalue weighted by Gasteiger charge is -2.20. The van der Waals surface area contributed by atoms with Crippen LogP contribution in [0.3, 0.4) is 0 Å². The Hall–Kier alpha value is -5.87. The molecular formula is C33H25ClFN9O3. The standard InChI is InChI=1S/C33H25ClFN9O3/c1-42-17-23-22-9-10-38-28(45)8-6-19-3-2-4-20-14-37-15-27(29(19)20)44-32(46)40-31(39-30(22)24(34)12-26(23)41-42)43(33(44)47)16-18-5-7-25(35)21(11-18)13-36/h2-5,7,11-12,14-15,17H,6,8-10,16H2,1H3,(H,38,45)(H,39,40,46). The number of benzene rings is 3. The van der Waals surface area contributed by atoms with Crippen LogP contribution >= 0.6 is 11.6 Å². The van der Waals surface area contributed by atoms with E-state index in [0.717, 1.165) is 21.6 Å². The van der Waals surface area contributed by atoms with Gasteiger partial charge in [0.05, 0.1) is 40.2 Å². The average Bonchev–Trinajstić information content (AvgIpc) is 3.42. The second-order valence-electron chi connectivity index (χ2n) is 11.2. The molecule has 2 bridgehead atoms. The average molecular weight is 650 g/mol. The van der Waals surface area contributed by atoms with Crippen LogP contribution in [0.25, 0.3) is 27.4 Å². The fraction of sp³-hybridized carbons (Fsp3) is 0.182. The zero-order valence-electron chi connectivity index (χ0n) is 24.9. The molecule has 0 unspecified atom stereocenters. The summed E-state index contributed by atoms with van der Waals surface area (Å²) >= 11 is 6.80. The number of nitrogens with one attached hydrogen (secondary N) is 2. The van der Waals surface area contributed by atoms with E-state index in [1.807, 2.05) is 24.4 Å². The number of aromatic nitrogens is 6. The van der Waals surface area contributed by atoms with Gasteiger partial charge in [0.15, 0.2) is 0 Å². The maximum Gasteiger partial charge on any atom is 0.359 e. The van der Waals surface area contributed by atoms with Gasteiger partial charge >= 0.3 is 11.4 Å². The minimum Gasteiger partial charge on any atom is -0.356 e. The number of nitrogens with zero attached hydrogens (tertiary/aromatic N) is 7. The highest BCUT2D eigenvalue weighted by Crippen LogP contribution is 2.35. The van der Waals surface area contributed by atoms with Crippen molar-refractivity contribution in [2.45, 2.75) is 25.8 Å². The molecule has 3 aromatic heterocycles. The number of amides is 1.